The van der Waals surface area contributed by atoms with Crippen LogP contribution in [-0.4, -0.2) is 25.5 Å². The predicted octanol–water partition coefficient (Wildman–Crippen LogP) is 14.1. The van der Waals surface area contributed by atoms with Crippen LogP contribution in [0.15, 0.2) is 12.2 Å². The lowest BCUT2D eigenvalue weighted by Gasteiger charge is -2.32. The van der Waals surface area contributed by atoms with Gasteiger partial charge in [-0.3, -0.25) is 0 Å². The molecular formula is C41H83N. The van der Waals surface area contributed by atoms with Crippen molar-refractivity contribution in [1.82, 2.24) is 4.90 Å². The SMILES string of the molecule is C=C(CCCCN(C)C)CC(CC(CCCC)CCCC)C(CCCC(C)CCCCC)CCCC(C)CCCCC. The highest BCUT2D eigenvalue weighted by molar-refractivity contribution is 4.97. The first-order chi connectivity index (χ1) is 20.3. The highest BCUT2D eigenvalue weighted by Crippen LogP contribution is 2.38. The summed E-state index contributed by atoms with van der Waals surface area (Å²) < 4.78 is 0. The number of unbranched alkanes of at least 4 members (excludes halogenated alkanes) is 7. The zero-order chi connectivity index (χ0) is 31.4. The van der Waals surface area contributed by atoms with E-state index in [0.29, 0.717) is 0 Å². The molecule has 42 heavy (non-hydrogen) atoms. The van der Waals surface area contributed by atoms with E-state index in [1.807, 2.05) is 0 Å². The van der Waals surface area contributed by atoms with Gasteiger partial charge in [-0.1, -0.05) is 182 Å². The molecule has 0 amide bonds. The fraction of sp³-hybridized carbons (Fsp3) is 0.951. The average molecular weight is 590 g/mol. The van der Waals surface area contributed by atoms with Crippen molar-refractivity contribution in [3.63, 3.8) is 0 Å². The third-order valence-electron chi connectivity index (χ3n) is 10.3. The van der Waals surface area contributed by atoms with Crippen molar-refractivity contribution in [2.75, 3.05) is 20.6 Å². The summed E-state index contributed by atoms with van der Waals surface area (Å²) in [7, 11) is 4.41. The summed E-state index contributed by atoms with van der Waals surface area (Å²) >= 11 is 0. The lowest BCUT2D eigenvalue weighted by Crippen LogP contribution is -2.21. The van der Waals surface area contributed by atoms with Gasteiger partial charge in [-0.15, -0.1) is 0 Å². The molecule has 0 aromatic carbocycles. The van der Waals surface area contributed by atoms with Crippen LogP contribution in [0.3, 0.4) is 0 Å². The molecule has 252 valence electrons. The minimum Gasteiger partial charge on any atom is -0.309 e. The molecule has 0 radical (unpaired) electrons. The molecule has 0 saturated heterocycles. The zero-order valence-electron chi connectivity index (χ0n) is 30.9. The first-order valence-electron chi connectivity index (χ1n) is 19.6. The first kappa shape index (κ1) is 41.7. The molecule has 0 aliphatic rings. The third-order valence-corrected chi connectivity index (χ3v) is 10.3. The quantitative estimate of drug-likeness (QED) is 0.0557. The molecule has 1 heteroatoms. The largest absolute Gasteiger partial charge is 0.309 e. The van der Waals surface area contributed by atoms with E-state index in [1.54, 1.807) is 5.57 Å². The Morgan fingerprint density at radius 3 is 1.45 bits per heavy atom. The average Bonchev–Trinajstić information content (AvgIpc) is 2.95. The smallest absolute Gasteiger partial charge is 0.00247 e. The number of nitrogens with zero attached hydrogens (tertiary/aromatic N) is 1. The number of allylic oxidation sites excluding steroid dienone is 1. The van der Waals surface area contributed by atoms with Crippen LogP contribution in [0, 0.1) is 29.6 Å². The van der Waals surface area contributed by atoms with Crippen molar-refractivity contribution < 1.29 is 0 Å². The molecule has 0 fully saturated rings. The van der Waals surface area contributed by atoms with E-state index in [4.69, 9.17) is 6.58 Å². The van der Waals surface area contributed by atoms with Gasteiger partial charge in [0.2, 0.25) is 0 Å². The van der Waals surface area contributed by atoms with Crippen LogP contribution in [0.4, 0.5) is 0 Å². The minimum absolute atomic E-state index is 0.857. The van der Waals surface area contributed by atoms with Crippen molar-refractivity contribution in [3.05, 3.63) is 12.2 Å². The Morgan fingerprint density at radius 2 is 1.00 bits per heavy atom. The Kier molecular flexibility index (Phi) is 29.2. The van der Waals surface area contributed by atoms with E-state index < -0.39 is 0 Å². The fourth-order valence-electron chi connectivity index (χ4n) is 7.36. The van der Waals surface area contributed by atoms with Crippen LogP contribution in [0.2, 0.25) is 0 Å². The monoisotopic (exact) mass is 590 g/mol. The zero-order valence-corrected chi connectivity index (χ0v) is 30.9. The molecule has 0 saturated carbocycles. The molecule has 0 rings (SSSR count). The molecule has 0 N–H and O–H groups in total. The van der Waals surface area contributed by atoms with Crippen LogP contribution in [0.5, 0.6) is 0 Å². The maximum atomic E-state index is 4.71. The lowest BCUT2D eigenvalue weighted by atomic mass is 9.73. The van der Waals surface area contributed by atoms with Gasteiger partial charge in [-0.05, 0) is 82.3 Å². The molecule has 0 heterocycles. The number of hydrogen-bond donors (Lipinski definition) is 0. The van der Waals surface area contributed by atoms with Crippen LogP contribution in [-0.2, 0) is 0 Å². The summed E-state index contributed by atoms with van der Waals surface area (Å²) in [5.74, 6) is 4.50. The molecule has 0 aromatic heterocycles. The van der Waals surface area contributed by atoms with Gasteiger partial charge in [0.1, 0.15) is 0 Å². The number of rotatable bonds is 32. The highest BCUT2D eigenvalue weighted by Gasteiger charge is 2.25. The Morgan fingerprint density at radius 1 is 0.524 bits per heavy atom. The summed E-state index contributed by atoms with van der Waals surface area (Å²) in [6.07, 6.45) is 35.1. The van der Waals surface area contributed by atoms with Gasteiger partial charge >= 0.3 is 0 Å². The summed E-state index contributed by atoms with van der Waals surface area (Å²) in [6.45, 7) is 20.4. The second-order valence-corrected chi connectivity index (χ2v) is 15.2. The van der Waals surface area contributed by atoms with Crippen LogP contribution >= 0.6 is 0 Å². The van der Waals surface area contributed by atoms with Gasteiger partial charge in [0, 0.05) is 0 Å². The fourth-order valence-corrected chi connectivity index (χ4v) is 7.36. The predicted molar refractivity (Wildman–Crippen MR) is 195 cm³/mol. The Bertz CT molecular complexity index is 535. The van der Waals surface area contributed by atoms with Gasteiger partial charge in [-0.2, -0.15) is 0 Å². The van der Waals surface area contributed by atoms with Crippen LogP contribution in [0.25, 0.3) is 0 Å². The second kappa shape index (κ2) is 29.4. The summed E-state index contributed by atoms with van der Waals surface area (Å²) in [5, 5.41) is 0. The van der Waals surface area contributed by atoms with Crippen molar-refractivity contribution in [3.8, 4) is 0 Å². The first-order valence-corrected chi connectivity index (χ1v) is 19.6. The highest BCUT2D eigenvalue weighted by atomic mass is 15.0. The standard InChI is InChI=1S/C41H83N/c1-10-14-18-24-36(5)27-22-31-40(32-23-28-37(6)25-19-15-11-2)41(34-38(7)26-20-21-33-42(8)9)35-39(29-16-12-3)30-17-13-4/h36-37,39-41H,7,10-35H2,1-6,8-9H3. The third kappa shape index (κ3) is 25.1. The second-order valence-electron chi connectivity index (χ2n) is 15.2. The summed E-state index contributed by atoms with van der Waals surface area (Å²) in [4.78, 5) is 2.33. The van der Waals surface area contributed by atoms with Gasteiger partial charge < -0.3 is 4.90 Å². The molecule has 0 bridgehead atoms. The van der Waals surface area contributed by atoms with Gasteiger partial charge in [0.15, 0.2) is 0 Å². The van der Waals surface area contributed by atoms with Crippen molar-refractivity contribution in [1.29, 1.82) is 0 Å². The maximum absolute atomic E-state index is 4.71. The Balaban J connectivity index is 5.56. The molecule has 3 atom stereocenters. The summed E-state index contributed by atoms with van der Waals surface area (Å²) in [6, 6.07) is 0. The van der Waals surface area contributed by atoms with E-state index in [9.17, 15) is 0 Å². The minimum atomic E-state index is 0.857. The molecule has 0 aliphatic carbocycles. The number of hydrogen-bond acceptors (Lipinski definition) is 1. The maximum Gasteiger partial charge on any atom is -0.00247 e. The van der Waals surface area contributed by atoms with Crippen molar-refractivity contribution in [2.24, 2.45) is 29.6 Å². The van der Waals surface area contributed by atoms with Crippen molar-refractivity contribution in [2.45, 2.75) is 202 Å². The molecule has 1 nitrogen and oxygen atoms in total. The summed E-state index contributed by atoms with van der Waals surface area (Å²) in [5.41, 5.74) is 1.56. The van der Waals surface area contributed by atoms with Crippen LogP contribution < -0.4 is 0 Å². The van der Waals surface area contributed by atoms with E-state index in [1.165, 1.54) is 167 Å². The Hall–Kier alpha value is -0.300. The normalized spacial score (nSPS) is 14.9. The van der Waals surface area contributed by atoms with Gasteiger partial charge in [0.25, 0.3) is 0 Å². The van der Waals surface area contributed by atoms with Crippen LogP contribution in [0.1, 0.15) is 202 Å². The van der Waals surface area contributed by atoms with Crippen molar-refractivity contribution >= 4 is 0 Å². The topological polar surface area (TPSA) is 3.24 Å². The van der Waals surface area contributed by atoms with Gasteiger partial charge in [-0.25, -0.2) is 0 Å². The van der Waals surface area contributed by atoms with E-state index in [-0.39, 0.29) is 0 Å². The van der Waals surface area contributed by atoms with E-state index in [2.05, 4.69) is 60.5 Å². The molecule has 0 aliphatic heterocycles. The molecule has 0 aromatic rings. The molecule has 0 spiro atoms. The molecule has 3 unspecified atom stereocenters. The van der Waals surface area contributed by atoms with E-state index in [0.717, 1.165) is 29.6 Å². The van der Waals surface area contributed by atoms with Gasteiger partial charge in [0.05, 0.1) is 0 Å². The Labute approximate surface area is 268 Å². The molecular weight excluding hydrogens is 506 g/mol. The lowest BCUT2D eigenvalue weighted by molar-refractivity contribution is 0.208. The van der Waals surface area contributed by atoms with E-state index >= 15 is 0 Å².